The number of fused-ring (bicyclic) bond motifs is 3. The molecule has 3 fully saturated rings. The normalized spacial score (nSPS) is 21.6. The zero-order chi connectivity index (χ0) is 43.4. The molecule has 3 aromatic carbocycles. The second-order valence-corrected chi connectivity index (χ2v) is 16.5. The van der Waals surface area contributed by atoms with E-state index in [0.29, 0.717) is 12.4 Å². The largest absolute Gasteiger partial charge is 0.453 e. The Labute approximate surface area is 356 Å². The van der Waals surface area contributed by atoms with Crippen molar-refractivity contribution in [2.45, 2.75) is 89.6 Å². The highest BCUT2D eigenvalue weighted by Crippen LogP contribution is 2.49. The summed E-state index contributed by atoms with van der Waals surface area (Å²) in [5.41, 5.74) is 8.35. The van der Waals surface area contributed by atoms with Gasteiger partial charge in [0, 0.05) is 25.8 Å². The molecule has 4 heterocycles. The molecule has 4 aromatic rings. The Morgan fingerprint density at radius 1 is 0.902 bits per heavy atom. The Morgan fingerprint density at radius 2 is 1.59 bits per heavy atom. The summed E-state index contributed by atoms with van der Waals surface area (Å²) in [4.78, 5) is 65.9. The first-order valence-corrected chi connectivity index (χ1v) is 21.0. The standard InChI is InChI=1S/C46H56N8O7/c1-26(2)41(51-45(57)59-6)44(56)53-20-8-9-34(53)23-48-24-35(47-5)33-17-16-31-21-30(14-15-32(31)22-33)28-10-12-29(13-11-28)36-25-49-42(50-36)39-37-18-19-38(61-37)40(39)43(55)54(27(3)4)52-46(58)60-7/h10-17,21-27,34,37-41,47H,8-9,18-20H2,1-7H3,(H,49,50)(H,51,57)(H,52,58)/b35-24-,48-23?. The van der Waals surface area contributed by atoms with Crippen LogP contribution in [0.5, 0.6) is 0 Å². The Kier molecular flexibility index (Phi) is 13.1. The fourth-order valence-corrected chi connectivity index (χ4v) is 8.77. The minimum atomic E-state index is -0.697. The first-order chi connectivity index (χ1) is 29.4. The van der Waals surface area contributed by atoms with Crippen LogP contribution in [0.2, 0.25) is 0 Å². The maximum Gasteiger partial charge on any atom is 0.425 e. The lowest BCUT2D eigenvalue weighted by Crippen LogP contribution is -2.54. The number of nitrogens with zero attached hydrogens (tertiary/aromatic N) is 4. The van der Waals surface area contributed by atoms with Crippen molar-refractivity contribution in [2.24, 2.45) is 16.8 Å². The number of aliphatic imine (C=N–C) groups is 1. The van der Waals surface area contributed by atoms with Gasteiger partial charge in [0.25, 0.3) is 0 Å². The molecule has 322 valence electrons. The number of ether oxygens (including phenoxy) is 3. The average molecular weight is 833 g/mol. The number of hydrogen-bond donors (Lipinski definition) is 4. The van der Waals surface area contributed by atoms with Crippen LogP contribution in [0.4, 0.5) is 9.59 Å². The van der Waals surface area contributed by atoms with Crippen LogP contribution in [0.1, 0.15) is 70.7 Å². The van der Waals surface area contributed by atoms with E-state index in [-0.39, 0.29) is 47.9 Å². The van der Waals surface area contributed by atoms with E-state index in [1.807, 2.05) is 41.0 Å². The van der Waals surface area contributed by atoms with Crippen LogP contribution in [-0.2, 0) is 23.8 Å². The molecule has 6 unspecified atom stereocenters. The van der Waals surface area contributed by atoms with E-state index in [9.17, 15) is 19.2 Å². The lowest BCUT2D eigenvalue weighted by atomic mass is 9.78. The lowest BCUT2D eigenvalue weighted by Gasteiger charge is -2.33. The third-order valence-corrected chi connectivity index (χ3v) is 12.0. The van der Waals surface area contributed by atoms with Crippen molar-refractivity contribution in [1.29, 1.82) is 0 Å². The van der Waals surface area contributed by atoms with Gasteiger partial charge in [-0.25, -0.2) is 25.0 Å². The van der Waals surface area contributed by atoms with Gasteiger partial charge in [-0.2, -0.15) is 0 Å². The molecule has 3 saturated heterocycles. The van der Waals surface area contributed by atoms with Crippen LogP contribution in [-0.4, -0.2) is 108 Å². The number of likely N-dealkylation sites (tertiary alicyclic amines) is 1. The van der Waals surface area contributed by atoms with Gasteiger partial charge in [-0.05, 0) is 90.6 Å². The molecule has 0 aliphatic carbocycles. The Bertz CT molecular complexity index is 2300. The monoisotopic (exact) mass is 832 g/mol. The van der Waals surface area contributed by atoms with E-state index in [1.165, 1.54) is 19.2 Å². The van der Waals surface area contributed by atoms with Gasteiger partial charge in [0.15, 0.2) is 0 Å². The van der Waals surface area contributed by atoms with Crippen molar-refractivity contribution in [3.8, 4) is 22.4 Å². The van der Waals surface area contributed by atoms with Gasteiger partial charge in [0.05, 0.1) is 68.1 Å². The molecule has 1 aromatic heterocycles. The molecule has 6 atom stereocenters. The quantitative estimate of drug-likeness (QED) is 0.0901. The number of aromatic nitrogens is 2. The van der Waals surface area contributed by atoms with Crippen molar-refractivity contribution >= 4 is 46.7 Å². The highest BCUT2D eigenvalue weighted by atomic mass is 16.5. The molecule has 15 nitrogen and oxygen atoms in total. The summed E-state index contributed by atoms with van der Waals surface area (Å²) in [5.74, 6) is -0.520. The highest BCUT2D eigenvalue weighted by Gasteiger charge is 2.55. The number of carbonyl (C=O) groups is 4. The molecular formula is C46H56N8O7. The Hall–Kier alpha value is -6.22. The van der Waals surface area contributed by atoms with E-state index in [2.05, 4.69) is 86.7 Å². The van der Waals surface area contributed by atoms with Gasteiger partial charge in [-0.3, -0.25) is 14.6 Å². The number of carbonyl (C=O) groups excluding carboxylic acids is 4. The molecule has 0 saturated carbocycles. The fourth-order valence-electron chi connectivity index (χ4n) is 8.77. The van der Waals surface area contributed by atoms with Crippen molar-refractivity contribution in [3.05, 3.63) is 84.4 Å². The van der Waals surface area contributed by atoms with Crippen LogP contribution in [0, 0.1) is 11.8 Å². The molecule has 4 amide bonds. The number of rotatable bonds is 12. The topological polar surface area (TPSA) is 180 Å². The first-order valence-electron chi connectivity index (χ1n) is 21.0. The van der Waals surface area contributed by atoms with Gasteiger partial charge in [-0.15, -0.1) is 0 Å². The number of amides is 4. The van der Waals surface area contributed by atoms with Crippen molar-refractivity contribution in [1.82, 2.24) is 35.9 Å². The molecule has 3 aliphatic heterocycles. The van der Waals surface area contributed by atoms with Crippen LogP contribution < -0.4 is 16.1 Å². The summed E-state index contributed by atoms with van der Waals surface area (Å²) in [5, 5.41) is 9.46. The number of methoxy groups -OCH3 is 2. The van der Waals surface area contributed by atoms with Gasteiger partial charge < -0.3 is 34.7 Å². The Balaban J connectivity index is 1.02. The molecule has 15 heteroatoms. The average Bonchev–Trinajstić information content (AvgIpc) is 4.11. The predicted octanol–water partition coefficient (Wildman–Crippen LogP) is 6.63. The molecule has 0 radical (unpaired) electrons. The third-order valence-electron chi connectivity index (χ3n) is 12.0. The number of H-pyrrole nitrogens is 1. The number of imidazole rings is 1. The summed E-state index contributed by atoms with van der Waals surface area (Å²) in [7, 11) is 4.42. The Morgan fingerprint density at radius 3 is 2.30 bits per heavy atom. The van der Waals surface area contributed by atoms with Crippen molar-refractivity contribution in [2.75, 3.05) is 27.8 Å². The summed E-state index contributed by atoms with van der Waals surface area (Å²) < 4.78 is 15.8. The van der Waals surface area contributed by atoms with E-state index < -0.39 is 24.1 Å². The maximum atomic E-state index is 13.9. The number of benzene rings is 3. The summed E-state index contributed by atoms with van der Waals surface area (Å²) >= 11 is 0. The fraction of sp³-hybridized carbons (Fsp3) is 0.435. The molecular weight excluding hydrogens is 777 g/mol. The molecule has 7 rings (SSSR count). The van der Waals surface area contributed by atoms with Crippen LogP contribution in [0.3, 0.4) is 0 Å². The number of hydrogen-bond acceptors (Lipinski definition) is 10. The zero-order valence-corrected chi connectivity index (χ0v) is 35.8. The summed E-state index contributed by atoms with van der Waals surface area (Å²) in [6.45, 7) is 8.08. The number of aromatic amines is 1. The van der Waals surface area contributed by atoms with E-state index in [4.69, 9.17) is 19.2 Å². The summed E-state index contributed by atoms with van der Waals surface area (Å²) in [6.07, 6.45) is 6.96. The summed E-state index contributed by atoms with van der Waals surface area (Å²) in [6, 6.07) is 19.9. The van der Waals surface area contributed by atoms with E-state index >= 15 is 0 Å². The minimum absolute atomic E-state index is 0.0986. The SMILES string of the molecule is CN/C(=C\N=CC1CCCN1C(=O)C(NC(=O)OC)C(C)C)c1ccc2cc(-c3ccc(-c4cnc(C5C6CCC(O6)C5C(=O)N(NC(=O)OC)C(C)C)[nH]4)cc3)ccc2c1. The van der Waals surface area contributed by atoms with Crippen LogP contribution in [0.15, 0.2) is 78.1 Å². The second kappa shape index (κ2) is 18.6. The zero-order valence-electron chi connectivity index (χ0n) is 35.8. The third kappa shape index (κ3) is 9.11. The second-order valence-electron chi connectivity index (χ2n) is 16.5. The predicted molar refractivity (Wildman–Crippen MR) is 233 cm³/mol. The van der Waals surface area contributed by atoms with E-state index in [0.717, 1.165) is 70.1 Å². The van der Waals surface area contributed by atoms with E-state index in [1.54, 1.807) is 17.3 Å². The number of hydrazine groups is 1. The molecule has 2 bridgehead atoms. The maximum absolute atomic E-state index is 13.9. The number of nitrogens with one attached hydrogen (secondary N) is 4. The smallest absolute Gasteiger partial charge is 0.425 e. The van der Waals surface area contributed by atoms with Gasteiger partial charge in [0.1, 0.15) is 11.9 Å². The van der Waals surface area contributed by atoms with Crippen molar-refractivity contribution < 1.29 is 33.4 Å². The number of alkyl carbamates (subject to hydrolysis) is 1. The molecule has 3 aliphatic rings. The van der Waals surface area contributed by atoms with Gasteiger partial charge in [-0.1, -0.05) is 62.4 Å². The van der Waals surface area contributed by atoms with Crippen LogP contribution >= 0.6 is 0 Å². The molecule has 0 spiro atoms. The first kappa shape index (κ1) is 42.9. The highest BCUT2D eigenvalue weighted by molar-refractivity contribution is 5.91. The van der Waals surface area contributed by atoms with Gasteiger partial charge in [0.2, 0.25) is 11.8 Å². The molecule has 4 N–H and O–H groups in total. The van der Waals surface area contributed by atoms with Crippen molar-refractivity contribution in [3.63, 3.8) is 0 Å². The van der Waals surface area contributed by atoms with Gasteiger partial charge >= 0.3 is 12.2 Å². The van der Waals surface area contributed by atoms with Crippen LogP contribution in [0.25, 0.3) is 38.9 Å². The lowest BCUT2D eigenvalue weighted by molar-refractivity contribution is -0.142. The molecule has 61 heavy (non-hydrogen) atoms. The minimum Gasteiger partial charge on any atom is -0.453 e.